The van der Waals surface area contributed by atoms with Crippen LogP contribution in [0.3, 0.4) is 0 Å². The second kappa shape index (κ2) is 6.24. The van der Waals surface area contributed by atoms with Crippen LogP contribution in [0, 0.1) is 0 Å². The van der Waals surface area contributed by atoms with Crippen LogP contribution in [-0.4, -0.2) is 33.3 Å². The van der Waals surface area contributed by atoms with E-state index in [-0.39, 0.29) is 11.8 Å². The van der Waals surface area contributed by atoms with Crippen molar-refractivity contribution in [2.75, 3.05) is 0 Å². The summed E-state index contributed by atoms with van der Waals surface area (Å²) in [5, 5.41) is 2.95. The van der Waals surface area contributed by atoms with Gasteiger partial charge in [0.1, 0.15) is 11.6 Å². The molecule has 1 aromatic rings. The van der Waals surface area contributed by atoms with Crippen molar-refractivity contribution in [2.24, 2.45) is 0 Å². The zero-order valence-electron chi connectivity index (χ0n) is 12.9. The number of hydrogen-bond acceptors (Lipinski definition) is 3. The van der Waals surface area contributed by atoms with Gasteiger partial charge in [-0.25, -0.2) is 0 Å². The fourth-order valence-corrected chi connectivity index (χ4v) is 2.93. The number of hydrogen-bond donors (Lipinski definition) is 1. The van der Waals surface area contributed by atoms with E-state index in [1.165, 1.54) is 0 Å². The van der Waals surface area contributed by atoms with Crippen LogP contribution in [0.5, 0.6) is 0 Å². The van der Waals surface area contributed by atoms with Gasteiger partial charge in [-0.1, -0.05) is 20.8 Å². The van der Waals surface area contributed by atoms with Crippen molar-refractivity contribution >= 4 is 11.8 Å². The quantitative estimate of drug-likeness (QED) is 0.900. The Morgan fingerprint density at radius 2 is 1.81 bits per heavy atom. The number of carbonyl (C=O) groups excluding carboxylic acids is 2. The molecule has 0 aliphatic carbocycles. The van der Waals surface area contributed by atoms with Crippen LogP contribution < -0.4 is 5.32 Å². The molecule has 0 radical (unpaired) electrons. The molecule has 0 saturated carbocycles. The molecule has 1 N–H and O–H groups in total. The van der Waals surface area contributed by atoms with Crippen LogP contribution in [0.15, 0.2) is 24.5 Å². The van der Waals surface area contributed by atoms with Gasteiger partial charge < -0.3 is 10.2 Å². The Morgan fingerprint density at radius 1 is 1.19 bits per heavy atom. The molecule has 1 aromatic heterocycles. The maximum Gasteiger partial charge on any atom is 0.249 e. The zero-order chi connectivity index (χ0) is 15.5. The summed E-state index contributed by atoms with van der Waals surface area (Å²) in [5.74, 6) is -0.0226. The number of aromatic nitrogens is 1. The lowest BCUT2D eigenvalue weighted by Gasteiger charge is -2.45. The monoisotopic (exact) mass is 289 g/mol. The lowest BCUT2D eigenvalue weighted by atomic mass is 9.86. The minimum atomic E-state index is -0.754. The molecular formula is C16H23N3O2. The molecule has 1 unspecified atom stereocenters. The Bertz CT molecular complexity index is 512. The molecule has 1 fully saturated rings. The Balaban J connectivity index is 2.33. The van der Waals surface area contributed by atoms with Crippen LogP contribution >= 0.6 is 0 Å². The summed E-state index contributed by atoms with van der Waals surface area (Å²) in [6.07, 6.45) is 5.25. The van der Waals surface area contributed by atoms with Crippen molar-refractivity contribution in [1.29, 1.82) is 0 Å². The molecule has 21 heavy (non-hydrogen) atoms. The van der Waals surface area contributed by atoms with Gasteiger partial charge in [0.15, 0.2) is 0 Å². The molecule has 1 atom stereocenters. The summed E-state index contributed by atoms with van der Waals surface area (Å²) in [6.45, 7) is 6.27. The highest BCUT2D eigenvalue weighted by molar-refractivity contribution is 5.99. The predicted octanol–water partition coefficient (Wildman–Crippen LogP) is 1.88. The number of nitrogens with zero attached hydrogens (tertiary/aromatic N) is 2. The SMILES string of the molecule is CCC1C(=O)NC(CC)(CC)C(=O)N1Cc1ccncc1. The number of amides is 2. The molecule has 5 heteroatoms. The van der Waals surface area contributed by atoms with E-state index in [1.807, 2.05) is 32.9 Å². The maximum atomic E-state index is 12.9. The number of piperazine rings is 1. The van der Waals surface area contributed by atoms with Gasteiger partial charge in [-0.2, -0.15) is 0 Å². The highest BCUT2D eigenvalue weighted by Gasteiger charge is 2.48. The van der Waals surface area contributed by atoms with E-state index in [0.717, 1.165) is 5.56 Å². The van der Waals surface area contributed by atoms with Gasteiger partial charge in [0, 0.05) is 18.9 Å². The fourth-order valence-electron chi connectivity index (χ4n) is 2.93. The molecule has 2 amide bonds. The second-order valence-electron chi connectivity index (χ2n) is 5.49. The molecule has 0 bridgehead atoms. The van der Waals surface area contributed by atoms with Crippen molar-refractivity contribution in [3.8, 4) is 0 Å². The summed E-state index contributed by atoms with van der Waals surface area (Å²) in [5.41, 5.74) is 0.239. The third-order valence-electron chi connectivity index (χ3n) is 4.41. The van der Waals surface area contributed by atoms with Crippen LogP contribution in [0.2, 0.25) is 0 Å². The molecule has 0 aromatic carbocycles. The minimum Gasteiger partial charge on any atom is -0.340 e. The summed E-state index contributed by atoms with van der Waals surface area (Å²) >= 11 is 0. The third kappa shape index (κ3) is 2.77. The van der Waals surface area contributed by atoms with E-state index < -0.39 is 11.6 Å². The Hall–Kier alpha value is -1.91. The van der Waals surface area contributed by atoms with Crippen LogP contribution in [0.1, 0.15) is 45.6 Å². The van der Waals surface area contributed by atoms with E-state index in [2.05, 4.69) is 10.3 Å². The third-order valence-corrected chi connectivity index (χ3v) is 4.41. The van der Waals surface area contributed by atoms with E-state index >= 15 is 0 Å². The lowest BCUT2D eigenvalue weighted by molar-refractivity contribution is -0.156. The molecule has 5 nitrogen and oxygen atoms in total. The summed E-state index contributed by atoms with van der Waals surface area (Å²) in [6, 6.07) is 3.37. The maximum absolute atomic E-state index is 12.9. The first-order valence-corrected chi connectivity index (χ1v) is 7.60. The lowest BCUT2D eigenvalue weighted by Crippen LogP contribution is -2.69. The Labute approximate surface area is 125 Å². The van der Waals surface area contributed by atoms with Gasteiger partial charge in [0.25, 0.3) is 0 Å². The fraction of sp³-hybridized carbons (Fsp3) is 0.562. The van der Waals surface area contributed by atoms with Crippen molar-refractivity contribution in [3.05, 3.63) is 30.1 Å². The van der Waals surface area contributed by atoms with Crippen molar-refractivity contribution in [2.45, 2.75) is 58.2 Å². The number of pyridine rings is 1. The van der Waals surface area contributed by atoms with Crippen LogP contribution in [-0.2, 0) is 16.1 Å². The number of nitrogens with one attached hydrogen (secondary N) is 1. The van der Waals surface area contributed by atoms with E-state index in [4.69, 9.17) is 0 Å². The summed E-state index contributed by atoms with van der Waals surface area (Å²) < 4.78 is 0. The smallest absolute Gasteiger partial charge is 0.249 e. The zero-order valence-corrected chi connectivity index (χ0v) is 12.9. The van der Waals surface area contributed by atoms with Crippen molar-refractivity contribution in [1.82, 2.24) is 15.2 Å². The average Bonchev–Trinajstić information content (AvgIpc) is 2.52. The molecule has 1 saturated heterocycles. The number of rotatable bonds is 5. The Kier molecular flexibility index (Phi) is 4.60. The van der Waals surface area contributed by atoms with Gasteiger partial charge in [-0.15, -0.1) is 0 Å². The summed E-state index contributed by atoms with van der Waals surface area (Å²) in [4.78, 5) is 31.0. The van der Waals surface area contributed by atoms with E-state index in [0.29, 0.717) is 25.8 Å². The van der Waals surface area contributed by atoms with Crippen LogP contribution in [0.25, 0.3) is 0 Å². The van der Waals surface area contributed by atoms with Gasteiger partial charge in [0.05, 0.1) is 0 Å². The molecule has 0 spiro atoms. The number of carbonyl (C=O) groups is 2. The minimum absolute atomic E-state index is 0.0239. The first kappa shape index (κ1) is 15.5. The van der Waals surface area contributed by atoms with Gasteiger partial charge in [0.2, 0.25) is 11.8 Å². The molecule has 2 rings (SSSR count). The highest BCUT2D eigenvalue weighted by Crippen LogP contribution is 2.27. The average molecular weight is 289 g/mol. The molecular weight excluding hydrogens is 266 g/mol. The molecule has 114 valence electrons. The van der Waals surface area contributed by atoms with E-state index in [9.17, 15) is 9.59 Å². The topological polar surface area (TPSA) is 62.3 Å². The van der Waals surface area contributed by atoms with Gasteiger partial charge in [-0.05, 0) is 37.0 Å². The summed E-state index contributed by atoms with van der Waals surface area (Å²) in [7, 11) is 0. The van der Waals surface area contributed by atoms with Crippen molar-refractivity contribution in [3.63, 3.8) is 0 Å². The molecule has 2 heterocycles. The van der Waals surface area contributed by atoms with Crippen LogP contribution in [0.4, 0.5) is 0 Å². The van der Waals surface area contributed by atoms with Gasteiger partial charge in [-0.3, -0.25) is 14.6 Å². The Morgan fingerprint density at radius 3 is 2.33 bits per heavy atom. The van der Waals surface area contributed by atoms with Crippen molar-refractivity contribution < 1.29 is 9.59 Å². The van der Waals surface area contributed by atoms with E-state index in [1.54, 1.807) is 17.3 Å². The predicted molar refractivity (Wildman–Crippen MR) is 80.3 cm³/mol. The standard InChI is InChI=1S/C16H23N3O2/c1-4-13-14(20)18-16(5-2,6-3)15(21)19(13)11-12-7-9-17-10-8-12/h7-10,13H,4-6,11H2,1-3H3,(H,18,20). The van der Waals surface area contributed by atoms with Gasteiger partial charge >= 0.3 is 0 Å². The largest absolute Gasteiger partial charge is 0.340 e. The molecule has 1 aliphatic heterocycles. The molecule has 1 aliphatic rings. The normalized spacial score (nSPS) is 21.3. The highest BCUT2D eigenvalue weighted by atomic mass is 16.2. The first-order valence-electron chi connectivity index (χ1n) is 7.60. The second-order valence-corrected chi connectivity index (χ2v) is 5.49. The first-order chi connectivity index (χ1) is 10.1.